The Kier molecular flexibility index (Phi) is 8.47. The lowest BCUT2D eigenvalue weighted by Gasteiger charge is -2.22. The monoisotopic (exact) mass is 632 g/mol. The number of aromatic hydroxyl groups is 2. The third-order valence-corrected chi connectivity index (χ3v) is 9.22. The number of aryl methyl sites for hydroxylation is 2. The van der Waals surface area contributed by atoms with Crippen molar-refractivity contribution >= 4 is 45.3 Å². The largest absolute Gasteiger partial charge is 0.507 e. The van der Waals surface area contributed by atoms with E-state index in [1.807, 2.05) is 62.4 Å². The molecule has 4 heteroatoms. The number of phenolic OH excluding ortho intramolecular Hbond substituents is 2. The van der Waals surface area contributed by atoms with Crippen LogP contribution in [0.1, 0.15) is 74.9 Å². The Hall–Kier alpha value is -5.22. The Morgan fingerprint density at radius 3 is 1.23 bits per heavy atom. The number of fused-ring (bicyclic) bond motifs is 2. The van der Waals surface area contributed by atoms with Crippen LogP contribution in [0.3, 0.4) is 0 Å². The average molecular weight is 633 g/mol. The molecule has 0 saturated heterocycles. The van der Waals surface area contributed by atoms with E-state index in [9.17, 15) is 10.2 Å². The lowest BCUT2D eigenvalue weighted by Crippen LogP contribution is -2.12. The van der Waals surface area contributed by atoms with E-state index >= 15 is 0 Å². The Labute approximate surface area is 284 Å². The fourth-order valence-corrected chi connectivity index (χ4v) is 6.48. The van der Waals surface area contributed by atoms with Crippen LogP contribution in [-0.4, -0.2) is 22.6 Å². The first-order valence-electron chi connectivity index (χ1n) is 16.5. The van der Waals surface area contributed by atoms with Gasteiger partial charge in [-0.15, -0.1) is 0 Å². The molecule has 0 heterocycles. The second kappa shape index (κ2) is 12.4. The first kappa shape index (κ1) is 32.7. The van der Waals surface area contributed by atoms with Gasteiger partial charge in [0, 0.05) is 34.7 Å². The second-order valence-corrected chi connectivity index (χ2v) is 14.8. The van der Waals surface area contributed by atoms with Crippen molar-refractivity contribution in [2.45, 2.75) is 66.2 Å². The summed E-state index contributed by atoms with van der Waals surface area (Å²) >= 11 is 0. The van der Waals surface area contributed by atoms with Gasteiger partial charge in [-0.2, -0.15) is 0 Å². The minimum atomic E-state index is -0.219. The number of phenols is 2. The Morgan fingerprint density at radius 2 is 0.854 bits per heavy atom. The molecule has 0 bridgehead atoms. The fourth-order valence-electron chi connectivity index (χ4n) is 6.48. The molecule has 0 radical (unpaired) electrons. The molecule has 0 aromatic heterocycles. The minimum Gasteiger partial charge on any atom is -0.507 e. The molecular formula is C44H44N2O2. The zero-order valence-corrected chi connectivity index (χ0v) is 29.2. The maximum Gasteiger partial charge on any atom is 0.128 e. The van der Waals surface area contributed by atoms with Gasteiger partial charge in [0.2, 0.25) is 0 Å². The van der Waals surface area contributed by atoms with Crippen molar-refractivity contribution in [1.82, 2.24) is 0 Å². The molecule has 0 saturated carbocycles. The van der Waals surface area contributed by atoms with E-state index in [0.29, 0.717) is 11.1 Å². The van der Waals surface area contributed by atoms with Crippen molar-refractivity contribution in [2.24, 2.45) is 9.98 Å². The first-order valence-corrected chi connectivity index (χ1v) is 16.5. The van der Waals surface area contributed by atoms with Gasteiger partial charge in [0.25, 0.3) is 0 Å². The Balaban J connectivity index is 1.62. The van der Waals surface area contributed by atoms with Crippen molar-refractivity contribution in [1.29, 1.82) is 0 Å². The fraction of sp³-hybridized carbons (Fsp3) is 0.227. The maximum atomic E-state index is 11.4. The van der Waals surface area contributed by atoms with Gasteiger partial charge >= 0.3 is 0 Å². The Morgan fingerprint density at radius 1 is 0.479 bits per heavy atom. The van der Waals surface area contributed by atoms with Gasteiger partial charge in [-0.25, -0.2) is 0 Å². The van der Waals surface area contributed by atoms with Gasteiger partial charge < -0.3 is 10.2 Å². The summed E-state index contributed by atoms with van der Waals surface area (Å²) in [5.74, 6) is 0.522. The highest BCUT2D eigenvalue weighted by molar-refractivity contribution is 6.13. The second-order valence-electron chi connectivity index (χ2n) is 14.8. The van der Waals surface area contributed by atoms with Crippen LogP contribution in [0, 0.1) is 13.8 Å². The molecule has 242 valence electrons. The van der Waals surface area contributed by atoms with E-state index in [1.54, 1.807) is 12.4 Å². The van der Waals surface area contributed by atoms with Crippen LogP contribution in [-0.2, 0) is 10.8 Å². The van der Waals surface area contributed by atoms with E-state index in [-0.39, 0.29) is 22.3 Å². The molecule has 2 N–H and O–H groups in total. The van der Waals surface area contributed by atoms with Crippen LogP contribution in [0.15, 0.2) is 107 Å². The SMILES string of the molecule is Cc1ccc(C(C)(C)C)c(O)c1C=Nc1ccc2ccccc2c1-c1c(N=Cc2c(C)ccc(C(C)(C)C)c2O)ccc2ccccc12. The number of benzene rings is 6. The molecule has 6 aromatic carbocycles. The lowest BCUT2D eigenvalue weighted by atomic mass is 9.84. The summed E-state index contributed by atoms with van der Waals surface area (Å²) < 4.78 is 0. The highest BCUT2D eigenvalue weighted by Gasteiger charge is 2.23. The molecule has 48 heavy (non-hydrogen) atoms. The minimum absolute atomic E-state index is 0.219. The van der Waals surface area contributed by atoms with Crippen LogP contribution in [0.4, 0.5) is 11.4 Å². The van der Waals surface area contributed by atoms with E-state index in [4.69, 9.17) is 9.98 Å². The van der Waals surface area contributed by atoms with Crippen LogP contribution in [0.25, 0.3) is 32.7 Å². The van der Waals surface area contributed by atoms with Crippen LogP contribution < -0.4 is 0 Å². The van der Waals surface area contributed by atoms with Gasteiger partial charge in [0.15, 0.2) is 0 Å². The van der Waals surface area contributed by atoms with Crippen molar-refractivity contribution < 1.29 is 10.2 Å². The molecule has 0 aliphatic carbocycles. The van der Waals surface area contributed by atoms with Gasteiger partial charge in [0.05, 0.1) is 11.4 Å². The van der Waals surface area contributed by atoms with Crippen LogP contribution in [0.2, 0.25) is 0 Å². The van der Waals surface area contributed by atoms with Gasteiger partial charge in [-0.1, -0.05) is 126 Å². The topological polar surface area (TPSA) is 65.2 Å². The van der Waals surface area contributed by atoms with Gasteiger partial charge in [-0.3, -0.25) is 9.98 Å². The van der Waals surface area contributed by atoms with E-state index in [2.05, 4.69) is 90.1 Å². The molecule has 0 unspecified atom stereocenters. The number of rotatable bonds is 5. The highest BCUT2D eigenvalue weighted by Crippen LogP contribution is 2.46. The number of nitrogens with zero attached hydrogens (tertiary/aromatic N) is 2. The van der Waals surface area contributed by atoms with Crippen molar-refractivity contribution in [3.8, 4) is 22.6 Å². The molecule has 0 aliphatic heterocycles. The Bertz CT molecular complexity index is 2080. The molecular weight excluding hydrogens is 588 g/mol. The normalized spacial score (nSPS) is 12.6. The molecule has 6 aromatic rings. The molecule has 0 aliphatic rings. The third kappa shape index (κ3) is 6.11. The molecule has 0 atom stereocenters. The van der Waals surface area contributed by atoms with E-state index in [0.717, 1.165) is 66.3 Å². The molecule has 0 amide bonds. The first-order chi connectivity index (χ1) is 22.8. The summed E-state index contributed by atoms with van der Waals surface area (Å²) in [7, 11) is 0. The molecule has 0 fully saturated rings. The van der Waals surface area contributed by atoms with Crippen molar-refractivity contribution in [3.05, 3.63) is 130 Å². The number of hydrogen-bond acceptors (Lipinski definition) is 4. The standard InChI is InChI=1S/C44H44N2O2/c1-27-17-21-35(43(3,4)5)41(47)33(27)25-45-37-23-19-29-13-9-11-15-31(29)39(37)40-32-16-12-10-14-30(32)20-24-38(40)46-26-34-28(2)18-22-36(42(34)48)44(6,7)8/h9-26,47-48H,1-8H3. The lowest BCUT2D eigenvalue weighted by molar-refractivity contribution is 0.444. The van der Waals surface area contributed by atoms with Crippen molar-refractivity contribution in [3.63, 3.8) is 0 Å². The molecule has 4 nitrogen and oxygen atoms in total. The maximum absolute atomic E-state index is 11.4. The van der Waals surface area contributed by atoms with Crippen molar-refractivity contribution in [2.75, 3.05) is 0 Å². The van der Waals surface area contributed by atoms with Crippen LogP contribution >= 0.6 is 0 Å². The van der Waals surface area contributed by atoms with Crippen LogP contribution in [0.5, 0.6) is 11.5 Å². The smallest absolute Gasteiger partial charge is 0.128 e. The quantitative estimate of drug-likeness (QED) is 0.186. The summed E-state index contributed by atoms with van der Waals surface area (Å²) in [4.78, 5) is 10.2. The summed E-state index contributed by atoms with van der Waals surface area (Å²) in [5, 5.41) is 27.1. The predicted molar refractivity (Wildman–Crippen MR) is 204 cm³/mol. The molecule has 6 rings (SSSR count). The third-order valence-electron chi connectivity index (χ3n) is 9.22. The summed E-state index contributed by atoms with van der Waals surface area (Å²) in [6.07, 6.45) is 3.59. The predicted octanol–water partition coefficient (Wildman–Crippen LogP) is 11.8. The zero-order chi connectivity index (χ0) is 34.4. The van der Waals surface area contributed by atoms with E-state index in [1.165, 1.54) is 0 Å². The zero-order valence-electron chi connectivity index (χ0n) is 29.2. The van der Waals surface area contributed by atoms with Gasteiger partial charge in [-0.05, 0) is 80.6 Å². The number of hydrogen-bond donors (Lipinski definition) is 2. The number of aliphatic imine (C=N–C) groups is 2. The molecule has 0 spiro atoms. The van der Waals surface area contributed by atoms with E-state index < -0.39 is 0 Å². The highest BCUT2D eigenvalue weighted by atomic mass is 16.3. The summed E-state index contributed by atoms with van der Waals surface area (Å²) in [6, 6.07) is 33.1. The summed E-state index contributed by atoms with van der Waals surface area (Å²) in [5.41, 5.74) is 8.12. The van der Waals surface area contributed by atoms with Gasteiger partial charge in [0.1, 0.15) is 11.5 Å². The summed E-state index contributed by atoms with van der Waals surface area (Å²) in [6.45, 7) is 16.6. The average Bonchev–Trinajstić information content (AvgIpc) is 3.03.